The molecule has 2 amide bonds. The predicted molar refractivity (Wildman–Crippen MR) is 131 cm³/mol. The van der Waals surface area contributed by atoms with Gasteiger partial charge in [-0.2, -0.15) is 0 Å². The van der Waals surface area contributed by atoms with Crippen LogP contribution in [0.4, 0.5) is 0 Å². The number of hydrogen-bond acceptors (Lipinski definition) is 8. The summed E-state index contributed by atoms with van der Waals surface area (Å²) in [5.74, 6) is -0.915. The quantitative estimate of drug-likeness (QED) is 0.291. The van der Waals surface area contributed by atoms with Crippen LogP contribution in [-0.2, 0) is 25.5 Å². The number of carbonyl (C=O) groups is 3. The van der Waals surface area contributed by atoms with E-state index in [0.29, 0.717) is 36.1 Å². The van der Waals surface area contributed by atoms with Crippen molar-refractivity contribution in [1.82, 2.24) is 10.6 Å². The number of aliphatic hydroxyl groups excluding tert-OH is 2. The average Bonchev–Trinajstić information content (AvgIpc) is 3.64. The molecule has 10 heteroatoms. The molecule has 5 N–H and O–H groups in total. The highest BCUT2D eigenvalue weighted by molar-refractivity contribution is 5.98. The van der Waals surface area contributed by atoms with Gasteiger partial charge in [-0.3, -0.25) is 14.4 Å². The standard InChI is InChI=1S/C26H38N2O8/c1-13(2)9-18(22(32)26(11-30)12-35-26)27-23(33)19(10-29)28-24(34)25(6)8-7-17-16(5)20(31)14(3)15(4)21(17)36-25/h13,18-19,29-31H,7-12H2,1-6H3,(H,27,33)(H,28,34)/t18?,19-,25?,26?/m0/s1. The van der Waals surface area contributed by atoms with Crippen molar-refractivity contribution in [3.8, 4) is 11.5 Å². The number of Topliss-reactive ketones (excluding diaryl/α,β-unsaturated/α-hetero) is 1. The van der Waals surface area contributed by atoms with E-state index in [2.05, 4.69) is 10.6 Å². The number of phenols is 1. The van der Waals surface area contributed by atoms with Gasteiger partial charge in [0.05, 0.1) is 25.9 Å². The van der Waals surface area contributed by atoms with Crippen molar-refractivity contribution in [1.29, 1.82) is 0 Å². The highest BCUT2D eigenvalue weighted by Crippen LogP contribution is 2.43. The molecule has 36 heavy (non-hydrogen) atoms. The fourth-order valence-electron chi connectivity index (χ4n) is 4.60. The molecule has 10 nitrogen and oxygen atoms in total. The number of nitrogens with one attached hydrogen (secondary N) is 2. The minimum absolute atomic E-state index is 0.0557. The van der Waals surface area contributed by atoms with Gasteiger partial charge < -0.3 is 35.4 Å². The molecule has 1 aromatic carbocycles. The molecule has 4 atom stereocenters. The maximum atomic E-state index is 13.3. The number of rotatable bonds is 10. The normalized spacial score (nSPS) is 24.4. The molecule has 1 fully saturated rings. The lowest BCUT2D eigenvalue weighted by Crippen LogP contribution is -2.60. The Bertz CT molecular complexity index is 1050. The predicted octanol–water partition coefficient (Wildman–Crippen LogP) is 0.740. The highest BCUT2D eigenvalue weighted by atomic mass is 16.6. The minimum atomic E-state index is -1.31. The topological polar surface area (TPSA) is 158 Å². The van der Waals surface area contributed by atoms with E-state index in [0.717, 1.165) is 11.1 Å². The van der Waals surface area contributed by atoms with Gasteiger partial charge in [-0.1, -0.05) is 13.8 Å². The second-order valence-electron chi connectivity index (χ2n) is 10.6. The molecule has 0 saturated carbocycles. The molecule has 2 aliphatic rings. The van der Waals surface area contributed by atoms with Crippen LogP contribution in [0.25, 0.3) is 0 Å². The third-order valence-corrected chi connectivity index (χ3v) is 7.34. The fourth-order valence-corrected chi connectivity index (χ4v) is 4.60. The second-order valence-corrected chi connectivity index (χ2v) is 10.6. The Kier molecular flexibility index (Phi) is 8.02. The van der Waals surface area contributed by atoms with E-state index in [-0.39, 0.29) is 18.3 Å². The van der Waals surface area contributed by atoms with Crippen LogP contribution in [0.3, 0.4) is 0 Å². The average molecular weight is 507 g/mol. The Morgan fingerprint density at radius 3 is 2.19 bits per heavy atom. The molecular formula is C26H38N2O8. The molecule has 1 saturated heterocycles. The number of aliphatic hydroxyl groups is 2. The van der Waals surface area contributed by atoms with Crippen LogP contribution in [0.15, 0.2) is 0 Å². The Morgan fingerprint density at radius 1 is 1.03 bits per heavy atom. The summed E-state index contributed by atoms with van der Waals surface area (Å²) in [5, 5.41) is 35.0. The first kappa shape index (κ1) is 27.9. The van der Waals surface area contributed by atoms with E-state index in [9.17, 15) is 29.7 Å². The number of ether oxygens (including phenoxy) is 2. The number of amides is 2. The molecule has 0 spiro atoms. The monoisotopic (exact) mass is 506 g/mol. The summed E-state index contributed by atoms with van der Waals surface area (Å²) in [7, 11) is 0. The molecule has 3 rings (SSSR count). The van der Waals surface area contributed by atoms with E-state index < -0.39 is 54.1 Å². The van der Waals surface area contributed by atoms with Crippen LogP contribution in [-0.4, -0.2) is 76.0 Å². The smallest absolute Gasteiger partial charge is 0.264 e. The summed E-state index contributed by atoms with van der Waals surface area (Å²) >= 11 is 0. The van der Waals surface area contributed by atoms with Crippen molar-refractivity contribution in [2.24, 2.45) is 5.92 Å². The number of epoxide rings is 1. The number of phenolic OH excluding ortho intramolecular Hbond substituents is 1. The maximum Gasteiger partial charge on any atom is 0.264 e. The number of carbonyl (C=O) groups excluding carboxylic acids is 3. The van der Waals surface area contributed by atoms with Crippen molar-refractivity contribution in [3.05, 3.63) is 22.3 Å². The first-order valence-electron chi connectivity index (χ1n) is 12.3. The Balaban J connectivity index is 1.74. The summed E-state index contributed by atoms with van der Waals surface area (Å²) in [6.07, 6.45) is 1.10. The van der Waals surface area contributed by atoms with Crippen LogP contribution < -0.4 is 15.4 Å². The van der Waals surface area contributed by atoms with Crippen molar-refractivity contribution in [3.63, 3.8) is 0 Å². The van der Waals surface area contributed by atoms with Crippen molar-refractivity contribution in [2.45, 2.75) is 84.1 Å². The van der Waals surface area contributed by atoms with Gasteiger partial charge in [-0.15, -0.1) is 0 Å². The van der Waals surface area contributed by atoms with Crippen LogP contribution >= 0.6 is 0 Å². The van der Waals surface area contributed by atoms with Gasteiger partial charge >= 0.3 is 0 Å². The Hall–Kier alpha value is -2.69. The number of hydrogen-bond donors (Lipinski definition) is 5. The zero-order chi connectivity index (χ0) is 27.0. The van der Waals surface area contributed by atoms with E-state index >= 15 is 0 Å². The number of ketones is 1. The van der Waals surface area contributed by atoms with Crippen LogP contribution in [0, 0.1) is 26.7 Å². The van der Waals surface area contributed by atoms with Gasteiger partial charge in [0, 0.05) is 12.0 Å². The van der Waals surface area contributed by atoms with Crippen molar-refractivity contribution >= 4 is 17.6 Å². The van der Waals surface area contributed by atoms with Crippen molar-refractivity contribution < 1.29 is 39.2 Å². The Labute approximate surface area is 211 Å². The third kappa shape index (κ3) is 5.21. The molecule has 2 heterocycles. The number of aromatic hydroxyl groups is 1. The minimum Gasteiger partial charge on any atom is -0.507 e. The van der Waals surface area contributed by atoms with Crippen LogP contribution in [0.2, 0.25) is 0 Å². The number of fused-ring (bicyclic) bond motifs is 1. The van der Waals surface area contributed by atoms with Gasteiger partial charge in [0.2, 0.25) is 5.91 Å². The van der Waals surface area contributed by atoms with Gasteiger partial charge in [0.1, 0.15) is 17.5 Å². The number of benzene rings is 1. The van der Waals surface area contributed by atoms with E-state index in [1.54, 1.807) is 20.8 Å². The zero-order valence-corrected chi connectivity index (χ0v) is 21.9. The van der Waals surface area contributed by atoms with Gasteiger partial charge in [0.25, 0.3) is 5.91 Å². The molecule has 3 unspecified atom stereocenters. The first-order chi connectivity index (χ1) is 16.8. The van der Waals surface area contributed by atoms with Gasteiger partial charge in [0.15, 0.2) is 17.0 Å². The SMILES string of the molecule is Cc1c(C)c2c(c(C)c1O)CCC(C)(C(=O)N[C@@H](CO)C(=O)NC(CC(C)C)C(=O)C1(CO)CO1)O2. The van der Waals surface area contributed by atoms with E-state index in [4.69, 9.17) is 9.47 Å². The molecule has 2 aliphatic heterocycles. The summed E-state index contributed by atoms with van der Waals surface area (Å²) < 4.78 is 11.3. The fraction of sp³-hybridized carbons (Fsp3) is 0.654. The summed E-state index contributed by atoms with van der Waals surface area (Å²) in [4.78, 5) is 39.2. The molecular weight excluding hydrogens is 468 g/mol. The summed E-state index contributed by atoms with van der Waals surface area (Å²) in [6, 6.07) is -2.25. The van der Waals surface area contributed by atoms with E-state index in [1.165, 1.54) is 0 Å². The summed E-state index contributed by atoms with van der Waals surface area (Å²) in [5.41, 5.74) is 0.349. The maximum absolute atomic E-state index is 13.3. The van der Waals surface area contributed by atoms with Crippen LogP contribution in [0.1, 0.15) is 55.9 Å². The lowest BCUT2D eigenvalue weighted by Gasteiger charge is -2.37. The molecule has 200 valence electrons. The van der Waals surface area contributed by atoms with E-state index in [1.807, 2.05) is 20.8 Å². The zero-order valence-electron chi connectivity index (χ0n) is 21.9. The van der Waals surface area contributed by atoms with Crippen LogP contribution in [0.5, 0.6) is 11.5 Å². The third-order valence-electron chi connectivity index (χ3n) is 7.34. The summed E-state index contributed by atoms with van der Waals surface area (Å²) in [6.45, 7) is 9.72. The lowest BCUT2D eigenvalue weighted by atomic mass is 9.86. The lowest BCUT2D eigenvalue weighted by molar-refractivity contribution is -0.141. The Morgan fingerprint density at radius 2 is 1.67 bits per heavy atom. The highest BCUT2D eigenvalue weighted by Gasteiger charge is 2.54. The largest absolute Gasteiger partial charge is 0.507 e. The molecule has 0 bridgehead atoms. The van der Waals surface area contributed by atoms with Gasteiger partial charge in [-0.25, -0.2) is 0 Å². The molecule has 0 aliphatic carbocycles. The second kappa shape index (κ2) is 10.4. The van der Waals surface area contributed by atoms with Crippen molar-refractivity contribution in [2.75, 3.05) is 19.8 Å². The van der Waals surface area contributed by atoms with Gasteiger partial charge in [-0.05, 0) is 63.1 Å². The molecule has 0 aromatic heterocycles. The molecule has 0 radical (unpaired) electrons. The molecule has 1 aromatic rings. The first-order valence-corrected chi connectivity index (χ1v) is 12.3.